The second-order valence-electron chi connectivity index (χ2n) is 11.1. The van der Waals surface area contributed by atoms with Crippen molar-refractivity contribution in [2.45, 2.75) is 77.0 Å². The molecule has 4 aliphatic carbocycles. The first-order valence-corrected chi connectivity index (χ1v) is 11.8. The lowest BCUT2D eigenvalue weighted by Gasteiger charge is -2.60. The molecule has 2 spiro atoms. The topological polar surface area (TPSA) is 57.2 Å². The first-order valence-electron chi connectivity index (χ1n) is 11.8. The Kier molecular flexibility index (Phi) is 4.03. The van der Waals surface area contributed by atoms with Crippen LogP contribution in [0, 0.1) is 34.5 Å². The van der Waals surface area contributed by atoms with E-state index in [9.17, 15) is 5.11 Å². The van der Waals surface area contributed by atoms with Crippen LogP contribution in [0.5, 0.6) is 0 Å². The van der Waals surface area contributed by atoms with E-state index in [-0.39, 0.29) is 16.7 Å². The third-order valence-corrected chi connectivity index (χ3v) is 10.1. The molecule has 5 nitrogen and oxygen atoms in total. The van der Waals surface area contributed by atoms with Crippen molar-refractivity contribution in [3.05, 3.63) is 11.6 Å². The molecule has 5 heteroatoms. The van der Waals surface area contributed by atoms with Crippen molar-refractivity contribution < 1.29 is 24.1 Å². The van der Waals surface area contributed by atoms with Crippen LogP contribution in [0.15, 0.2) is 11.6 Å². The molecule has 0 aromatic rings. The van der Waals surface area contributed by atoms with Crippen molar-refractivity contribution in [2.75, 3.05) is 26.4 Å². The summed E-state index contributed by atoms with van der Waals surface area (Å²) in [5, 5.41) is 11.4. The van der Waals surface area contributed by atoms with Gasteiger partial charge in [-0.15, -0.1) is 0 Å². The standard InChI is InChI=1S/C24H36O5/c1-15-12-18-20-17(4-5-22(18,3)24(15)28-10-11-29-24)21(2)6-7-23(26-8-9-27-23)14-16(21)13-19(20)25/h13,15,17-20,25H,4-12,14H2,1-3H3/t15-,17?,18?,19-,20?,21-,22-/m0/s1. The number of hydrogen-bond acceptors (Lipinski definition) is 5. The fourth-order valence-electron chi connectivity index (χ4n) is 8.67. The van der Waals surface area contributed by atoms with Crippen molar-refractivity contribution in [3.63, 3.8) is 0 Å². The third kappa shape index (κ3) is 2.29. The monoisotopic (exact) mass is 404 g/mol. The Morgan fingerprint density at radius 2 is 1.62 bits per heavy atom. The Bertz CT molecular complexity index is 721. The average molecular weight is 405 g/mol. The summed E-state index contributed by atoms with van der Waals surface area (Å²) in [5.74, 6) is 0.732. The van der Waals surface area contributed by atoms with Crippen LogP contribution in [0.25, 0.3) is 0 Å². The second-order valence-corrected chi connectivity index (χ2v) is 11.1. The minimum atomic E-state index is -0.449. The molecule has 6 aliphatic rings. The van der Waals surface area contributed by atoms with Crippen molar-refractivity contribution >= 4 is 0 Å². The highest BCUT2D eigenvalue weighted by Gasteiger charge is 2.70. The van der Waals surface area contributed by atoms with Crippen LogP contribution >= 0.6 is 0 Å². The van der Waals surface area contributed by atoms with Gasteiger partial charge >= 0.3 is 0 Å². The lowest BCUT2D eigenvalue weighted by atomic mass is 9.47. The second kappa shape index (κ2) is 6.07. The molecule has 3 unspecified atom stereocenters. The van der Waals surface area contributed by atoms with Gasteiger partial charge in [0.05, 0.1) is 32.5 Å². The highest BCUT2D eigenvalue weighted by Crippen LogP contribution is 2.70. The molecule has 0 bridgehead atoms. The quantitative estimate of drug-likeness (QED) is 0.625. The number of aliphatic hydroxyl groups is 1. The van der Waals surface area contributed by atoms with Crippen LogP contribution in [0.4, 0.5) is 0 Å². The van der Waals surface area contributed by atoms with Gasteiger partial charge in [-0.2, -0.15) is 0 Å². The van der Waals surface area contributed by atoms with Crippen LogP contribution in [0.3, 0.4) is 0 Å². The Balaban J connectivity index is 1.37. The summed E-state index contributed by atoms with van der Waals surface area (Å²) >= 11 is 0. The van der Waals surface area contributed by atoms with E-state index in [0.717, 1.165) is 38.5 Å². The molecule has 5 fully saturated rings. The maximum Gasteiger partial charge on any atom is 0.176 e. The van der Waals surface area contributed by atoms with Crippen molar-refractivity contribution in [2.24, 2.45) is 34.5 Å². The molecule has 6 rings (SSSR count). The smallest absolute Gasteiger partial charge is 0.176 e. The minimum Gasteiger partial charge on any atom is -0.389 e. The van der Waals surface area contributed by atoms with Gasteiger partial charge in [-0.1, -0.05) is 32.4 Å². The number of aliphatic hydroxyl groups excluding tert-OH is 1. The van der Waals surface area contributed by atoms with E-state index in [1.807, 2.05) is 0 Å². The van der Waals surface area contributed by atoms with Crippen molar-refractivity contribution in [1.29, 1.82) is 0 Å². The van der Waals surface area contributed by atoms with Crippen LogP contribution in [0.1, 0.15) is 59.3 Å². The highest BCUT2D eigenvalue weighted by atomic mass is 16.7. The lowest BCUT2D eigenvalue weighted by Crippen LogP contribution is -2.59. The largest absolute Gasteiger partial charge is 0.389 e. The Hall–Kier alpha value is -0.460. The van der Waals surface area contributed by atoms with Gasteiger partial charge in [-0.25, -0.2) is 0 Å². The summed E-state index contributed by atoms with van der Waals surface area (Å²) in [7, 11) is 0. The Labute approximate surface area is 174 Å². The van der Waals surface area contributed by atoms with Gasteiger partial charge in [-0.3, -0.25) is 0 Å². The van der Waals surface area contributed by atoms with E-state index < -0.39 is 17.7 Å². The number of fused-ring (bicyclic) bond motifs is 6. The summed E-state index contributed by atoms with van der Waals surface area (Å²) in [6.07, 6.45) is 8.01. The Morgan fingerprint density at radius 1 is 0.931 bits per heavy atom. The van der Waals surface area contributed by atoms with Gasteiger partial charge < -0.3 is 24.1 Å². The van der Waals surface area contributed by atoms with Gasteiger partial charge in [0.25, 0.3) is 0 Å². The molecule has 0 amide bonds. The summed E-state index contributed by atoms with van der Waals surface area (Å²) in [6, 6.07) is 0. The van der Waals surface area contributed by atoms with E-state index >= 15 is 0 Å². The molecule has 2 saturated heterocycles. The normalized spacial score (nSPS) is 52.3. The molecular weight excluding hydrogens is 368 g/mol. The van der Waals surface area contributed by atoms with Gasteiger partial charge in [0.15, 0.2) is 11.6 Å². The molecule has 2 heterocycles. The van der Waals surface area contributed by atoms with Gasteiger partial charge in [0.2, 0.25) is 0 Å². The molecule has 162 valence electrons. The van der Waals surface area contributed by atoms with Gasteiger partial charge in [0, 0.05) is 24.2 Å². The predicted octanol–water partition coefficient (Wildman–Crippen LogP) is 3.65. The van der Waals surface area contributed by atoms with Gasteiger partial charge in [0.1, 0.15) is 0 Å². The average Bonchev–Trinajstić information content (AvgIpc) is 3.40. The molecule has 2 aliphatic heterocycles. The number of rotatable bonds is 0. The maximum atomic E-state index is 11.4. The predicted molar refractivity (Wildman–Crippen MR) is 107 cm³/mol. The first-order chi connectivity index (χ1) is 13.8. The molecule has 0 radical (unpaired) electrons. The summed E-state index contributed by atoms with van der Waals surface area (Å²) in [4.78, 5) is 0. The van der Waals surface area contributed by atoms with E-state index in [2.05, 4.69) is 26.8 Å². The first kappa shape index (κ1) is 19.2. The number of ether oxygens (including phenoxy) is 4. The molecule has 7 atom stereocenters. The summed E-state index contributed by atoms with van der Waals surface area (Å²) < 4.78 is 24.8. The molecular formula is C24H36O5. The maximum absolute atomic E-state index is 11.4. The zero-order valence-corrected chi connectivity index (χ0v) is 18.1. The zero-order chi connectivity index (χ0) is 20.1. The summed E-state index contributed by atoms with van der Waals surface area (Å²) in [6.45, 7) is 9.91. The lowest BCUT2D eigenvalue weighted by molar-refractivity contribution is -0.263. The number of hydrogen-bond donors (Lipinski definition) is 1. The van der Waals surface area contributed by atoms with Crippen LogP contribution in [-0.2, 0) is 18.9 Å². The van der Waals surface area contributed by atoms with Crippen LogP contribution in [-0.4, -0.2) is 49.2 Å². The summed E-state index contributed by atoms with van der Waals surface area (Å²) in [5.41, 5.74) is 1.50. The van der Waals surface area contributed by atoms with Crippen molar-refractivity contribution in [3.8, 4) is 0 Å². The van der Waals surface area contributed by atoms with Crippen LogP contribution in [0.2, 0.25) is 0 Å². The Morgan fingerprint density at radius 3 is 2.34 bits per heavy atom. The van der Waals surface area contributed by atoms with Gasteiger partial charge in [-0.05, 0) is 48.9 Å². The third-order valence-electron chi connectivity index (χ3n) is 10.1. The van der Waals surface area contributed by atoms with E-state index in [1.54, 1.807) is 0 Å². The highest BCUT2D eigenvalue weighted by molar-refractivity contribution is 5.29. The zero-order valence-electron chi connectivity index (χ0n) is 18.1. The van der Waals surface area contributed by atoms with Crippen LogP contribution < -0.4 is 0 Å². The SMILES string of the molecule is C[C@H]1CC2C3C(CC[C@]2(C)C12OCCO2)[C@@]1(C)CCC2(CC1=C[C@@H]3O)OCCO2. The molecule has 0 aromatic carbocycles. The molecule has 3 saturated carbocycles. The van der Waals surface area contributed by atoms with E-state index in [0.29, 0.717) is 44.2 Å². The van der Waals surface area contributed by atoms with Crippen molar-refractivity contribution in [1.82, 2.24) is 0 Å². The minimum absolute atomic E-state index is 0.0136. The molecule has 29 heavy (non-hydrogen) atoms. The fraction of sp³-hybridized carbons (Fsp3) is 0.917. The van der Waals surface area contributed by atoms with E-state index in [4.69, 9.17) is 18.9 Å². The fourth-order valence-corrected chi connectivity index (χ4v) is 8.67. The molecule has 1 N–H and O–H groups in total. The van der Waals surface area contributed by atoms with E-state index in [1.165, 1.54) is 5.57 Å². The molecule has 0 aromatic heterocycles.